The normalized spacial score (nSPS) is 11.7. The number of carboxylic acids is 1. The van der Waals surface area contributed by atoms with E-state index in [1.165, 1.54) is 109 Å². The predicted octanol–water partition coefficient (Wildman–Crippen LogP) is 8.79. The number of hydrogen-bond donors (Lipinski definition) is 3. The average Bonchev–Trinajstić information content (AvgIpc) is 3.00. The van der Waals surface area contributed by atoms with Crippen LogP contribution in [0.4, 0.5) is 0 Å². The molecule has 0 bridgehead atoms. The fourth-order valence-electron chi connectivity index (χ4n) is 5.33. The molecule has 0 aliphatic rings. The molecule has 258 valence electrons. The number of carbonyl (C=O) groups is 4. The van der Waals surface area contributed by atoms with Crippen LogP contribution in [-0.4, -0.2) is 48.1 Å². The van der Waals surface area contributed by atoms with Crippen molar-refractivity contribution in [1.82, 2.24) is 10.6 Å². The Hall–Kier alpha value is -2.12. The van der Waals surface area contributed by atoms with Gasteiger partial charge in [0.1, 0.15) is 12.6 Å². The molecule has 0 heterocycles. The Morgan fingerprint density at radius 3 is 1.43 bits per heavy atom. The van der Waals surface area contributed by atoms with Gasteiger partial charge in [-0.2, -0.15) is 0 Å². The van der Waals surface area contributed by atoms with Crippen LogP contribution in [0.5, 0.6) is 0 Å². The molecular formula is C36H68N2O6. The highest BCUT2D eigenvalue weighted by molar-refractivity contribution is 5.88. The molecule has 8 heteroatoms. The van der Waals surface area contributed by atoms with Crippen LogP contribution in [0, 0.1) is 0 Å². The van der Waals surface area contributed by atoms with E-state index >= 15 is 0 Å². The van der Waals surface area contributed by atoms with E-state index in [9.17, 15) is 19.2 Å². The highest BCUT2D eigenvalue weighted by Gasteiger charge is 2.22. The Bertz CT molecular complexity index is 715. The molecule has 0 saturated heterocycles. The van der Waals surface area contributed by atoms with Gasteiger partial charge in [0, 0.05) is 25.8 Å². The molecule has 0 fully saturated rings. The van der Waals surface area contributed by atoms with Crippen molar-refractivity contribution in [3.63, 3.8) is 0 Å². The number of rotatable bonds is 33. The summed E-state index contributed by atoms with van der Waals surface area (Å²) in [7, 11) is 0. The van der Waals surface area contributed by atoms with Crippen molar-refractivity contribution in [3.05, 3.63) is 0 Å². The van der Waals surface area contributed by atoms with Crippen LogP contribution >= 0.6 is 0 Å². The van der Waals surface area contributed by atoms with Gasteiger partial charge in [0.15, 0.2) is 0 Å². The lowest BCUT2D eigenvalue weighted by atomic mass is 10.1. The van der Waals surface area contributed by atoms with Gasteiger partial charge in [0.05, 0.1) is 0 Å². The number of amides is 2. The van der Waals surface area contributed by atoms with Gasteiger partial charge in [0.2, 0.25) is 11.8 Å². The first-order valence-electron chi connectivity index (χ1n) is 18.3. The van der Waals surface area contributed by atoms with Gasteiger partial charge in [-0.3, -0.25) is 19.2 Å². The zero-order valence-corrected chi connectivity index (χ0v) is 28.6. The van der Waals surface area contributed by atoms with E-state index in [0.29, 0.717) is 13.0 Å². The maximum absolute atomic E-state index is 12.8. The van der Waals surface area contributed by atoms with E-state index in [2.05, 4.69) is 24.5 Å². The highest BCUT2D eigenvalue weighted by Crippen LogP contribution is 2.13. The molecule has 1 atom stereocenters. The number of ether oxygens (including phenoxy) is 1. The van der Waals surface area contributed by atoms with Crippen LogP contribution in [-0.2, 0) is 23.9 Å². The summed E-state index contributed by atoms with van der Waals surface area (Å²) in [6.45, 7) is 4.77. The van der Waals surface area contributed by atoms with E-state index in [4.69, 9.17) is 9.84 Å². The molecule has 44 heavy (non-hydrogen) atoms. The lowest BCUT2D eigenvalue weighted by molar-refractivity contribution is -0.146. The second-order valence-electron chi connectivity index (χ2n) is 12.5. The first kappa shape index (κ1) is 41.9. The Balaban J connectivity index is 4.22. The van der Waals surface area contributed by atoms with Gasteiger partial charge < -0.3 is 20.5 Å². The largest absolute Gasteiger partial charge is 0.481 e. The zero-order chi connectivity index (χ0) is 32.5. The summed E-state index contributed by atoms with van der Waals surface area (Å²) >= 11 is 0. The van der Waals surface area contributed by atoms with E-state index in [0.717, 1.165) is 38.5 Å². The minimum absolute atomic E-state index is 0.00149. The first-order chi connectivity index (χ1) is 21.4. The summed E-state index contributed by atoms with van der Waals surface area (Å²) in [4.78, 5) is 48.2. The standard InChI is InChI=1S/C36H68N2O6/c1-3-5-7-9-11-13-15-17-19-21-23-25-30-37-36(43)32(38-33(39)27-26-28-34(40)41)31-44-35(42)29-24-22-20-18-16-14-12-10-8-6-4-2/h32H,3-31H2,1-2H3,(H,37,43)(H,38,39)(H,40,41)/t32-/m0/s1. The van der Waals surface area contributed by atoms with Gasteiger partial charge in [-0.1, -0.05) is 149 Å². The van der Waals surface area contributed by atoms with Crippen molar-refractivity contribution in [1.29, 1.82) is 0 Å². The van der Waals surface area contributed by atoms with Crippen LogP contribution in [0.2, 0.25) is 0 Å². The number of unbranched alkanes of at least 4 members (excludes halogenated alkanes) is 21. The molecule has 8 nitrogen and oxygen atoms in total. The fraction of sp³-hybridized carbons (Fsp3) is 0.889. The number of aliphatic carboxylic acids is 1. The molecule has 0 aromatic rings. The van der Waals surface area contributed by atoms with Crippen molar-refractivity contribution < 1.29 is 29.0 Å². The predicted molar refractivity (Wildman–Crippen MR) is 180 cm³/mol. The Kier molecular flexibility index (Phi) is 30.7. The van der Waals surface area contributed by atoms with Crippen molar-refractivity contribution in [2.24, 2.45) is 0 Å². The van der Waals surface area contributed by atoms with Gasteiger partial charge in [-0.15, -0.1) is 0 Å². The molecule has 0 aliphatic carbocycles. The number of hydrogen-bond acceptors (Lipinski definition) is 5. The third kappa shape index (κ3) is 29.9. The summed E-state index contributed by atoms with van der Waals surface area (Å²) in [5.74, 6) is -2.12. The van der Waals surface area contributed by atoms with Crippen LogP contribution < -0.4 is 10.6 Å². The van der Waals surface area contributed by atoms with E-state index in [1.54, 1.807) is 0 Å². The Labute approximate surface area is 269 Å². The zero-order valence-electron chi connectivity index (χ0n) is 28.6. The molecular weight excluding hydrogens is 556 g/mol. The SMILES string of the molecule is CCCCCCCCCCCCCCNC(=O)[C@H](COC(=O)CCCCCCCCCCCCC)NC(=O)CCCC(=O)O. The van der Waals surface area contributed by atoms with Crippen molar-refractivity contribution in [3.8, 4) is 0 Å². The van der Waals surface area contributed by atoms with Gasteiger partial charge in [-0.05, 0) is 19.3 Å². The average molecular weight is 625 g/mol. The van der Waals surface area contributed by atoms with Gasteiger partial charge in [0.25, 0.3) is 0 Å². The second-order valence-corrected chi connectivity index (χ2v) is 12.5. The summed E-state index contributed by atoms with van der Waals surface area (Å²) < 4.78 is 5.37. The summed E-state index contributed by atoms with van der Waals surface area (Å²) in [6.07, 6.45) is 28.4. The molecule has 0 unspecified atom stereocenters. The van der Waals surface area contributed by atoms with Crippen LogP contribution in [0.25, 0.3) is 0 Å². The number of esters is 1. The van der Waals surface area contributed by atoms with Crippen molar-refractivity contribution >= 4 is 23.8 Å². The van der Waals surface area contributed by atoms with E-state index in [-0.39, 0.29) is 37.7 Å². The summed E-state index contributed by atoms with van der Waals surface area (Å²) in [5, 5.41) is 14.3. The first-order valence-corrected chi connectivity index (χ1v) is 18.3. The summed E-state index contributed by atoms with van der Waals surface area (Å²) in [5.41, 5.74) is 0. The quantitative estimate of drug-likeness (QED) is 0.0495. The highest BCUT2D eigenvalue weighted by atomic mass is 16.5. The summed E-state index contributed by atoms with van der Waals surface area (Å²) in [6, 6.07) is -0.981. The molecule has 0 aromatic carbocycles. The Morgan fingerprint density at radius 2 is 0.977 bits per heavy atom. The smallest absolute Gasteiger partial charge is 0.305 e. The van der Waals surface area contributed by atoms with Crippen LogP contribution in [0.15, 0.2) is 0 Å². The van der Waals surface area contributed by atoms with Crippen molar-refractivity contribution in [2.75, 3.05) is 13.2 Å². The molecule has 0 radical (unpaired) electrons. The van der Waals surface area contributed by atoms with Crippen molar-refractivity contribution in [2.45, 2.75) is 193 Å². The fourth-order valence-corrected chi connectivity index (χ4v) is 5.33. The molecule has 0 aliphatic heterocycles. The van der Waals surface area contributed by atoms with E-state index in [1.807, 2.05) is 0 Å². The molecule has 3 N–H and O–H groups in total. The Morgan fingerprint density at radius 1 is 0.545 bits per heavy atom. The lowest BCUT2D eigenvalue weighted by Gasteiger charge is -2.18. The van der Waals surface area contributed by atoms with Crippen LogP contribution in [0.1, 0.15) is 187 Å². The third-order valence-electron chi connectivity index (χ3n) is 8.17. The topological polar surface area (TPSA) is 122 Å². The minimum Gasteiger partial charge on any atom is -0.481 e. The minimum atomic E-state index is -0.981. The monoisotopic (exact) mass is 625 g/mol. The molecule has 0 saturated carbocycles. The number of carboxylic acid groups (broad SMARTS) is 1. The number of carbonyl (C=O) groups excluding carboxylic acids is 3. The molecule has 0 rings (SSSR count). The maximum Gasteiger partial charge on any atom is 0.305 e. The molecule has 0 aromatic heterocycles. The van der Waals surface area contributed by atoms with E-state index < -0.39 is 17.9 Å². The number of nitrogens with one attached hydrogen (secondary N) is 2. The van der Waals surface area contributed by atoms with Gasteiger partial charge in [-0.25, -0.2) is 0 Å². The van der Waals surface area contributed by atoms with Gasteiger partial charge >= 0.3 is 11.9 Å². The third-order valence-corrected chi connectivity index (χ3v) is 8.17. The second kappa shape index (κ2) is 32.3. The van der Waals surface area contributed by atoms with Crippen LogP contribution in [0.3, 0.4) is 0 Å². The molecule has 2 amide bonds. The molecule has 0 spiro atoms. The lowest BCUT2D eigenvalue weighted by Crippen LogP contribution is -2.49. The maximum atomic E-state index is 12.8.